The Kier molecular flexibility index (Phi) is 8.52. The van der Waals surface area contributed by atoms with Crippen molar-refractivity contribution < 1.29 is 22.5 Å². The number of ketones is 1. The van der Waals surface area contributed by atoms with Crippen molar-refractivity contribution in [2.45, 2.75) is 61.4 Å². The summed E-state index contributed by atoms with van der Waals surface area (Å²) in [6, 6.07) is 18.2. The van der Waals surface area contributed by atoms with Crippen LogP contribution in [0.1, 0.15) is 56.7 Å². The number of thioether (sulfide) groups is 1. The van der Waals surface area contributed by atoms with Crippen molar-refractivity contribution in [3.63, 3.8) is 0 Å². The van der Waals surface area contributed by atoms with E-state index in [9.17, 15) is 13.2 Å². The first kappa shape index (κ1) is 24.9. The van der Waals surface area contributed by atoms with Gasteiger partial charge in [-0.05, 0) is 30.0 Å². The molecule has 2 aromatic rings. The van der Waals surface area contributed by atoms with Crippen LogP contribution in [0.2, 0.25) is 0 Å². The van der Waals surface area contributed by atoms with Gasteiger partial charge in [-0.1, -0.05) is 74.1 Å². The lowest BCUT2D eigenvalue weighted by molar-refractivity contribution is -0.121. The van der Waals surface area contributed by atoms with E-state index in [2.05, 4.69) is 29.6 Å². The van der Waals surface area contributed by atoms with E-state index < -0.39 is 21.1 Å². The lowest BCUT2D eigenvalue weighted by Crippen LogP contribution is -2.55. The van der Waals surface area contributed by atoms with Crippen LogP contribution < -0.4 is 5.32 Å². The first-order chi connectivity index (χ1) is 15.3. The molecule has 0 aliphatic carbocycles. The van der Waals surface area contributed by atoms with Gasteiger partial charge in [0.1, 0.15) is 11.2 Å². The van der Waals surface area contributed by atoms with Crippen LogP contribution in [0.5, 0.6) is 0 Å². The lowest BCUT2D eigenvalue weighted by Gasteiger charge is -2.40. The molecule has 1 aliphatic heterocycles. The summed E-state index contributed by atoms with van der Waals surface area (Å²) in [6.45, 7) is 4.07. The first-order valence-corrected chi connectivity index (χ1v) is 13.4. The Morgan fingerprint density at radius 3 is 2.47 bits per heavy atom. The summed E-state index contributed by atoms with van der Waals surface area (Å²) in [6.07, 6.45) is 1.59. The molecular formula is C24H31NO5S2. The zero-order valence-electron chi connectivity index (χ0n) is 18.5. The third kappa shape index (κ3) is 6.20. The van der Waals surface area contributed by atoms with E-state index in [1.54, 1.807) is 11.8 Å². The highest BCUT2D eigenvalue weighted by Crippen LogP contribution is 2.45. The maximum absolute atomic E-state index is 12.7. The number of Topliss-reactive ketones (excluding diaryl/α,β-unsaturated/α-hetero) is 1. The topological polar surface area (TPSA) is 92.7 Å². The van der Waals surface area contributed by atoms with Gasteiger partial charge in [0.25, 0.3) is 10.1 Å². The maximum atomic E-state index is 12.7. The molecule has 3 rings (SSSR count). The van der Waals surface area contributed by atoms with Gasteiger partial charge in [0, 0.05) is 24.3 Å². The van der Waals surface area contributed by atoms with Crippen molar-refractivity contribution in [2.24, 2.45) is 0 Å². The Balaban J connectivity index is 2.00. The minimum atomic E-state index is -4.04. The fraction of sp³-hybridized carbons (Fsp3) is 0.458. The summed E-state index contributed by atoms with van der Waals surface area (Å²) >= 11 is 1.57. The molecule has 1 unspecified atom stereocenters. The van der Waals surface area contributed by atoms with Gasteiger partial charge in [-0.15, -0.1) is 0 Å². The molecule has 6 nitrogen and oxygen atoms in total. The third-order valence-corrected chi connectivity index (χ3v) is 8.07. The van der Waals surface area contributed by atoms with Crippen LogP contribution in [0.3, 0.4) is 0 Å². The highest BCUT2D eigenvalue weighted by molar-refractivity contribution is 8.00. The molecule has 174 valence electrons. The average Bonchev–Trinajstić information content (AvgIpc) is 2.92. The third-order valence-electron chi connectivity index (χ3n) is 5.83. The van der Waals surface area contributed by atoms with Crippen molar-refractivity contribution in [3.05, 3.63) is 65.7 Å². The maximum Gasteiger partial charge on any atom is 0.264 e. The molecule has 2 N–H and O–H groups in total. The van der Waals surface area contributed by atoms with Crippen LogP contribution in [-0.4, -0.2) is 42.1 Å². The summed E-state index contributed by atoms with van der Waals surface area (Å²) < 4.78 is 37.5. The number of fused-ring (bicyclic) bond motifs is 1. The molecule has 2 aromatic carbocycles. The minimum Gasteiger partial charge on any atom is -0.365 e. The second-order valence-electron chi connectivity index (χ2n) is 8.06. The molecule has 0 saturated heterocycles. The largest absolute Gasteiger partial charge is 0.365 e. The van der Waals surface area contributed by atoms with Crippen molar-refractivity contribution in [3.8, 4) is 0 Å². The molecule has 1 heterocycles. The molecule has 32 heavy (non-hydrogen) atoms. The van der Waals surface area contributed by atoms with E-state index in [0.29, 0.717) is 19.3 Å². The minimum absolute atomic E-state index is 0.115. The highest BCUT2D eigenvalue weighted by atomic mass is 32.2. The standard InChI is InChI=1S/C24H31NO5S2/c1-3-19(26)17-24(4-2)23(30-15-10-16-32(27,28)29)31-21-14-9-8-13-20(21)22(25-24)18-11-6-5-7-12-18/h5-9,11-14,22-23,25H,3-4,10,15-17H2,1-2H3,(H,27,28,29)/t22?,23-,24+/m0/s1. The van der Waals surface area contributed by atoms with E-state index in [1.807, 2.05) is 44.2 Å². The van der Waals surface area contributed by atoms with Gasteiger partial charge in [-0.2, -0.15) is 8.42 Å². The molecule has 8 heteroatoms. The number of hydrogen-bond donors (Lipinski definition) is 2. The van der Waals surface area contributed by atoms with Gasteiger partial charge in [0.05, 0.1) is 17.3 Å². The van der Waals surface area contributed by atoms with Gasteiger partial charge in [-0.3, -0.25) is 14.7 Å². The number of carbonyl (C=O) groups is 1. The number of rotatable bonds is 10. The molecule has 0 aromatic heterocycles. The monoisotopic (exact) mass is 477 g/mol. The van der Waals surface area contributed by atoms with Crippen LogP contribution in [0.25, 0.3) is 0 Å². The van der Waals surface area contributed by atoms with Gasteiger partial charge in [0.2, 0.25) is 0 Å². The number of nitrogens with one attached hydrogen (secondary N) is 1. The summed E-state index contributed by atoms with van der Waals surface area (Å²) in [4.78, 5) is 13.7. The van der Waals surface area contributed by atoms with Crippen LogP contribution in [0, 0.1) is 0 Å². The number of carbonyl (C=O) groups excluding carboxylic acids is 1. The van der Waals surface area contributed by atoms with Crippen LogP contribution in [0.15, 0.2) is 59.5 Å². The first-order valence-electron chi connectivity index (χ1n) is 10.9. The van der Waals surface area contributed by atoms with Crippen LogP contribution >= 0.6 is 11.8 Å². The zero-order valence-corrected chi connectivity index (χ0v) is 20.1. The Labute approximate surface area is 194 Å². The van der Waals surface area contributed by atoms with Crippen LogP contribution in [-0.2, 0) is 19.6 Å². The Hall–Kier alpha value is -1.71. The summed E-state index contributed by atoms with van der Waals surface area (Å²) in [5, 5.41) is 3.79. The average molecular weight is 478 g/mol. The van der Waals surface area contributed by atoms with Crippen molar-refractivity contribution >= 4 is 27.7 Å². The van der Waals surface area contributed by atoms with Crippen molar-refractivity contribution in [1.82, 2.24) is 5.32 Å². The highest BCUT2D eigenvalue weighted by Gasteiger charge is 2.45. The lowest BCUT2D eigenvalue weighted by atomic mass is 9.86. The van der Waals surface area contributed by atoms with E-state index in [1.165, 1.54) is 0 Å². The smallest absolute Gasteiger partial charge is 0.264 e. The van der Waals surface area contributed by atoms with Gasteiger partial charge >= 0.3 is 0 Å². The number of hydrogen-bond acceptors (Lipinski definition) is 6. The van der Waals surface area contributed by atoms with E-state index in [0.717, 1.165) is 16.0 Å². The second-order valence-corrected chi connectivity index (χ2v) is 10.7. The summed E-state index contributed by atoms with van der Waals surface area (Å²) in [5.74, 6) is -0.210. The van der Waals surface area contributed by atoms with Gasteiger partial charge < -0.3 is 4.74 Å². The normalized spacial score (nSPS) is 23.3. The summed E-state index contributed by atoms with van der Waals surface area (Å²) in [7, 11) is -4.04. The Bertz CT molecular complexity index is 1010. The molecule has 0 bridgehead atoms. The Morgan fingerprint density at radius 1 is 1.12 bits per heavy atom. The number of ether oxygens (including phenoxy) is 1. The molecule has 0 spiro atoms. The Morgan fingerprint density at radius 2 is 1.81 bits per heavy atom. The molecule has 0 radical (unpaired) electrons. The molecular weight excluding hydrogens is 446 g/mol. The zero-order chi connectivity index (χ0) is 23.2. The fourth-order valence-electron chi connectivity index (χ4n) is 4.03. The molecule has 1 aliphatic rings. The SMILES string of the molecule is CCC(=O)C[C@@]1(CC)NC(c2ccccc2)c2ccccc2S[C@@H]1OCCCS(=O)(=O)O. The van der Waals surface area contributed by atoms with Gasteiger partial charge in [0.15, 0.2) is 0 Å². The molecule has 0 fully saturated rings. The van der Waals surface area contributed by atoms with Crippen molar-refractivity contribution in [2.75, 3.05) is 12.4 Å². The number of benzene rings is 2. The van der Waals surface area contributed by atoms with Crippen molar-refractivity contribution in [1.29, 1.82) is 0 Å². The predicted molar refractivity (Wildman–Crippen MR) is 127 cm³/mol. The van der Waals surface area contributed by atoms with E-state index in [4.69, 9.17) is 9.29 Å². The summed E-state index contributed by atoms with van der Waals surface area (Å²) in [5.41, 5.74) is 1.18. The quantitative estimate of drug-likeness (QED) is 0.381. The fourth-order valence-corrected chi connectivity index (χ4v) is 5.93. The van der Waals surface area contributed by atoms with E-state index >= 15 is 0 Å². The van der Waals surface area contributed by atoms with Crippen LogP contribution in [0.4, 0.5) is 0 Å². The molecule has 3 atom stereocenters. The molecule has 0 amide bonds. The predicted octanol–water partition coefficient (Wildman–Crippen LogP) is 4.61. The second kappa shape index (κ2) is 10.9. The molecule has 0 saturated carbocycles. The van der Waals surface area contributed by atoms with E-state index in [-0.39, 0.29) is 30.6 Å². The van der Waals surface area contributed by atoms with Gasteiger partial charge in [-0.25, -0.2) is 0 Å².